The Morgan fingerprint density at radius 2 is 0.971 bits per heavy atom. The number of aryl methyl sites for hydroxylation is 2. The van der Waals surface area contributed by atoms with E-state index < -0.39 is 0 Å². The molecule has 0 saturated heterocycles. The first kappa shape index (κ1) is 29.5. The van der Waals surface area contributed by atoms with Crippen molar-refractivity contribution in [2.24, 2.45) is 22.9 Å². The highest BCUT2D eigenvalue weighted by Crippen LogP contribution is 2.21. The highest BCUT2D eigenvalue weighted by molar-refractivity contribution is 5.15. The summed E-state index contributed by atoms with van der Waals surface area (Å²) in [6.07, 6.45) is 9.06. The zero-order chi connectivity index (χ0) is 25.5. The summed E-state index contributed by atoms with van der Waals surface area (Å²) in [7, 11) is 0. The van der Waals surface area contributed by atoms with E-state index in [1.54, 1.807) is 0 Å². The van der Waals surface area contributed by atoms with Crippen molar-refractivity contribution in [1.82, 2.24) is 0 Å². The predicted octanol–water partition coefficient (Wildman–Crippen LogP) is 4.70. The van der Waals surface area contributed by atoms with E-state index in [-0.39, 0.29) is 36.4 Å². The summed E-state index contributed by atoms with van der Waals surface area (Å²) >= 11 is 0. The molecule has 0 saturated carbocycles. The molecule has 0 radical (unpaired) electrons. The van der Waals surface area contributed by atoms with Crippen LogP contribution >= 0.6 is 0 Å². The van der Waals surface area contributed by atoms with Gasteiger partial charge in [0.15, 0.2) is 0 Å². The van der Waals surface area contributed by atoms with Gasteiger partial charge in [-0.3, -0.25) is 0 Å². The van der Waals surface area contributed by atoms with E-state index in [9.17, 15) is 0 Å². The van der Waals surface area contributed by atoms with Crippen molar-refractivity contribution in [3.05, 3.63) is 71.8 Å². The Hall–Kier alpha value is -1.76. The number of hydrogen-bond donors (Lipinski definition) is 4. The normalized spacial score (nSPS) is 16.9. The summed E-state index contributed by atoms with van der Waals surface area (Å²) in [5, 5.41) is 0. The van der Waals surface area contributed by atoms with Gasteiger partial charge in [0.2, 0.25) is 0 Å². The zero-order valence-electron chi connectivity index (χ0n) is 22.0. The van der Waals surface area contributed by atoms with Crippen LogP contribution in [0, 0.1) is 0 Å². The summed E-state index contributed by atoms with van der Waals surface area (Å²) in [5.41, 5.74) is 28.6. The van der Waals surface area contributed by atoms with E-state index in [2.05, 4.69) is 74.5 Å². The molecule has 0 aliphatic heterocycles. The van der Waals surface area contributed by atoms with E-state index in [0.29, 0.717) is 0 Å². The van der Waals surface area contributed by atoms with Gasteiger partial charge in [0.25, 0.3) is 0 Å². The lowest BCUT2D eigenvalue weighted by atomic mass is 9.94. The average Bonchev–Trinajstić information content (AvgIpc) is 2.88. The Morgan fingerprint density at radius 3 is 1.31 bits per heavy atom. The lowest BCUT2D eigenvalue weighted by molar-refractivity contribution is -0.0495. The molecule has 0 amide bonds. The van der Waals surface area contributed by atoms with Crippen molar-refractivity contribution in [1.29, 1.82) is 0 Å². The molecule has 0 bridgehead atoms. The fraction of sp³-hybridized carbons (Fsp3) is 0.600. The molecule has 5 nitrogen and oxygen atoms in total. The van der Waals surface area contributed by atoms with E-state index in [0.717, 1.165) is 64.2 Å². The highest BCUT2D eigenvalue weighted by Gasteiger charge is 2.28. The topological polar surface area (TPSA) is 113 Å². The monoisotopic (exact) mass is 482 g/mol. The molecule has 0 aliphatic carbocycles. The third-order valence-corrected chi connectivity index (χ3v) is 7.10. The molecule has 0 aromatic heterocycles. The third kappa shape index (κ3) is 11.7. The van der Waals surface area contributed by atoms with Gasteiger partial charge in [-0.1, -0.05) is 74.5 Å². The summed E-state index contributed by atoms with van der Waals surface area (Å²) < 4.78 is 6.78. The molecular weight excluding hydrogens is 432 g/mol. The van der Waals surface area contributed by atoms with Crippen molar-refractivity contribution >= 4 is 0 Å². The van der Waals surface area contributed by atoms with Crippen molar-refractivity contribution in [2.45, 2.75) is 114 Å². The van der Waals surface area contributed by atoms with Crippen LogP contribution in [0.15, 0.2) is 60.7 Å². The first-order chi connectivity index (χ1) is 16.9. The molecule has 6 atom stereocenters. The molecule has 196 valence electrons. The Balaban J connectivity index is 2.06. The van der Waals surface area contributed by atoms with Gasteiger partial charge in [-0.15, -0.1) is 0 Å². The molecule has 0 spiro atoms. The summed E-state index contributed by atoms with van der Waals surface area (Å²) in [6, 6.07) is 21.1. The molecule has 0 fully saturated rings. The molecule has 6 unspecified atom stereocenters. The number of hydrogen-bond acceptors (Lipinski definition) is 5. The van der Waals surface area contributed by atoms with Crippen LogP contribution in [0.2, 0.25) is 0 Å². The third-order valence-electron chi connectivity index (χ3n) is 7.10. The van der Waals surface area contributed by atoms with Crippen LogP contribution in [0.5, 0.6) is 0 Å². The molecule has 2 aromatic rings. The maximum atomic E-state index is 6.78. The minimum absolute atomic E-state index is 0.0676. The van der Waals surface area contributed by atoms with Gasteiger partial charge >= 0.3 is 0 Å². The number of nitrogens with two attached hydrogens (primary N) is 4. The molecule has 5 heteroatoms. The molecular formula is C30H50N4O. The van der Waals surface area contributed by atoms with Crippen LogP contribution in [-0.2, 0) is 17.6 Å². The van der Waals surface area contributed by atoms with Gasteiger partial charge in [0.1, 0.15) is 0 Å². The van der Waals surface area contributed by atoms with E-state index >= 15 is 0 Å². The van der Waals surface area contributed by atoms with Crippen LogP contribution < -0.4 is 22.9 Å². The SMILES string of the molecule is CCC(N)CC(N)C(CCCc1ccccc1)OC(CCCc1ccccc1)C(N)CC(N)CC. The van der Waals surface area contributed by atoms with Crippen LogP contribution in [0.25, 0.3) is 0 Å². The van der Waals surface area contributed by atoms with Gasteiger partial charge in [-0.2, -0.15) is 0 Å². The second kappa shape index (κ2) is 16.8. The maximum Gasteiger partial charge on any atom is 0.0731 e. The predicted molar refractivity (Wildman–Crippen MR) is 149 cm³/mol. The van der Waals surface area contributed by atoms with Gasteiger partial charge in [-0.25, -0.2) is 0 Å². The van der Waals surface area contributed by atoms with E-state index in [1.807, 2.05) is 0 Å². The van der Waals surface area contributed by atoms with Crippen LogP contribution in [-0.4, -0.2) is 36.4 Å². The molecule has 35 heavy (non-hydrogen) atoms. The fourth-order valence-electron chi connectivity index (χ4n) is 4.63. The summed E-state index contributed by atoms with van der Waals surface area (Å²) in [5.74, 6) is 0. The highest BCUT2D eigenvalue weighted by atomic mass is 16.5. The number of rotatable bonds is 18. The Bertz CT molecular complexity index is 707. The Morgan fingerprint density at radius 1 is 0.600 bits per heavy atom. The minimum atomic E-state index is -0.107. The van der Waals surface area contributed by atoms with Crippen molar-refractivity contribution in [3.8, 4) is 0 Å². The second-order valence-electron chi connectivity index (χ2n) is 10.1. The van der Waals surface area contributed by atoms with E-state index in [1.165, 1.54) is 11.1 Å². The Kier molecular flexibility index (Phi) is 14.2. The van der Waals surface area contributed by atoms with Gasteiger partial charge < -0.3 is 27.7 Å². The largest absolute Gasteiger partial charge is 0.372 e. The van der Waals surface area contributed by atoms with E-state index in [4.69, 9.17) is 27.7 Å². The lowest BCUT2D eigenvalue weighted by Crippen LogP contribution is -2.48. The van der Waals surface area contributed by atoms with Crippen LogP contribution in [0.1, 0.15) is 76.3 Å². The maximum absolute atomic E-state index is 6.78. The smallest absolute Gasteiger partial charge is 0.0731 e. The molecule has 0 heterocycles. The van der Waals surface area contributed by atoms with Crippen LogP contribution in [0.4, 0.5) is 0 Å². The first-order valence-electron chi connectivity index (χ1n) is 13.7. The lowest BCUT2D eigenvalue weighted by Gasteiger charge is -2.34. The zero-order valence-corrected chi connectivity index (χ0v) is 22.0. The minimum Gasteiger partial charge on any atom is -0.372 e. The van der Waals surface area contributed by atoms with Crippen molar-refractivity contribution in [3.63, 3.8) is 0 Å². The van der Waals surface area contributed by atoms with Gasteiger partial charge in [0, 0.05) is 24.2 Å². The molecule has 2 rings (SSSR count). The average molecular weight is 483 g/mol. The van der Waals surface area contributed by atoms with Gasteiger partial charge in [-0.05, 0) is 75.3 Å². The summed E-state index contributed by atoms with van der Waals surface area (Å²) in [6.45, 7) is 4.22. The second-order valence-corrected chi connectivity index (χ2v) is 10.1. The molecule has 0 aliphatic rings. The Labute approximate surface area is 214 Å². The van der Waals surface area contributed by atoms with Crippen LogP contribution in [0.3, 0.4) is 0 Å². The first-order valence-corrected chi connectivity index (χ1v) is 13.7. The number of benzene rings is 2. The van der Waals surface area contributed by atoms with Gasteiger partial charge in [0.05, 0.1) is 12.2 Å². The van der Waals surface area contributed by atoms with Crippen molar-refractivity contribution < 1.29 is 4.74 Å². The standard InChI is InChI=1S/C30H50N4O/c1-3-25(31)21-27(33)29(19-11-17-23-13-7-5-8-14-23)35-30(28(34)22-26(32)4-2)20-12-18-24-15-9-6-10-16-24/h5-10,13-16,25-30H,3-4,11-12,17-22,31-34H2,1-2H3. The van der Waals surface area contributed by atoms with Crippen molar-refractivity contribution in [2.75, 3.05) is 0 Å². The fourth-order valence-corrected chi connectivity index (χ4v) is 4.63. The number of ether oxygens (including phenoxy) is 1. The molecule has 2 aromatic carbocycles. The molecule has 8 N–H and O–H groups in total. The summed E-state index contributed by atoms with van der Waals surface area (Å²) in [4.78, 5) is 0. The quantitative estimate of drug-likeness (QED) is 0.246.